The summed E-state index contributed by atoms with van der Waals surface area (Å²) in [4.78, 5) is 14.3. The molecule has 1 aromatic carbocycles. The van der Waals surface area contributed by atoms with Gasteiger partial charge in [0.05, 0.1) is 6.04 Å². The van der Waals surface area contributed by atoms with Gasteiger partial charge in [0.1, 0.15) is 5.75 Å². The zero-order valence-corrected chi connectivity index (χ0v) is 11.7. The molecule has 2 aliphatic rings. The average molecular weight is 274 g/mol. The highest BCUT2D eigenvalue weighted by Gasteiger charge is 2.30. The third-order valence-electron chi connectivity index (χ3n) is 4.53. The van der Waals surface area contributed by atoms with Gasteiger partial charge in [-0.25, -0.2) is 0 Å². The van der Waals surface area contributed by atoms with E-state index >= 15 is 0 Å². The molecule has 0 aromatic heterocycles. The summed E-state index contributed by atoms with van der Waals surface area (Å²) in [5, 5.41) is 12.6. The van der Waals surface area contributed by atoms with Crippen molar-refractivity contribution in [2.75, 3.05) is 19.6 Å². The number of phenols is 1. The number of aromatic hydroxyl groups is 1. The van der Waals surface area contributed by atoms with Crippen LogP contribution in [0.4, 0.5) is 0 Å². The molecule has 2 heterocycles. The van der Waals surface area contributed by atoms with Crippen molar-refractivity contribution in [3.63, 3.8) is 0 Å². The van der Waals surface area contributed by atoms with Crippen LogP contribution in [0.3, 0.4) is 0 Å². The number of hydrogen-bond donors (Lipinski definition) is 2. The summed E-state index contributed by atoms with van der Waals surface area (Å²) in [6.07, 6.45) is 4.13. The number of nitrogens with one attached hydrogen (secondary N) is 1. The Bertz CT molecular complexity index is 458. The molecule has 4 nitrogen and oxygen atoms in total. The van der Waals surface area contributed by atoms with Gasteiger partial charge in [-0.3, -0.25) is 4.79 Å². The lowest BCUT2D eigenvalue weighted by atomic mass is 9.89. The maximum absolute atomic E-state index is 12.3. The average Bonchev–Trinajstić information content (AvgIpc) is 3.02. The number of nitrogens with zero attached hydrogens (tertiary/aromatic N) is 1. The van der Waals surface area contributed by atoms with E-state index in [0.29, 0.717) is 11.7 Å². The first-order chi connectivity index (χ1) is 9.74. The van der Waals surface area contributed by atoms with E-state index in [1.165, 1.54) is 5.56 Å². The monoisotopic (exact) mass is 274 g/mol. The maximum atomic E-state index is 12.3. The van der Waals surface area contributed by atoms with E-state index in [9.17, 15) is 9.90 Å². The third kappa shape index (κ3) is 2.80. The summed E-state index contributed by atoms with van der Waals surface area (Å²) in [7, 11) is 0. The molecule has 1 unspecified atom stereocenters. The Morgan fingerprint density at radius 1 is 1.15 bits per heavy atom. The number of piperidine rings is 1. The van der Waals surface area contributed by atoms with Crippen molar-refractivity contribution in [3.8, 4) is 5.75 Å². The van der Waals surface area contributed by atoms with Crippen molar-refractivity contribution in [1.82, 2.24) is 10.2 Å². The molecule has 1 atom stereocenters. The summed E-state index contributed by atoms with van der Waals surface area (Å²) in [5.41, 5.74) is 1.27. The first-order valence-corrected chi connectivity index (χ1v) is 7.55. The molecule has 2 N–H and O–H groups in total. The summed E-state index contributed by atoms with van der Waals surface area (Å²) >= 11 is 0. The Labute approximate surface area is 119 Å². The van der Waals surface area contributed by atoms with E-state index in [1.807, 2.05) is 17.0 Å². The van der Waals surface area contributed by atoms with E-state index in [-0.39, 0.29) is 11.9 Å². The zero-order chi connectivity index (χ0) is 13.9. The summed E-state index contributed by atoms with van der Waals surface area (Å²) in [6, 6.07) is 7.54. The molecule has 1 amide bonds. The number of phenolic OH excluding ortho intramolecular Hbond substituents is 1. The van der Waals surface area contributed by atoms with Crippen molar-refractivity contribution < 1.29 is 9.90 Å². The number of rotatable bonds is 2. The van der Waals surface area contributed by atoms with Crippen LogP contribution in [0, 0.1) is 0 Å². The Hall–Kier alpha value is -1.55. The Balaban J connectivity index is 1.56. The van der Waals surface area contributed by atoms with Gasteiger partial charge in [0.2, 0.25) is 5.91 Å². The highest BCUT2D eigenvalue weighted by Crippen LogP contribution is 2.29. The molecule has 3 rings (SSSR count). The first kappa shape index (κ1) is 13.4. The minimum absolute atomic E-state index is 0.0558. The predicted octanol–water partition coefficient (Wildman–Crippen LogP) is 1.85. The summed E-state index contributed by atoms with van der Waals surface area (Å²) < 4.78 is 0. The van der Waals surface area contributed by atoms with Gasteiger partial charge >= 0.3 is 0 Å². The Morgan fingerprint density at radius 3 is 2.45 bits per heavy atom. The number of hydrogen-bond acceptors (Lipinski definition) is 3. The number of carbonyl (C=O) groups is 1. The van der Waals surface area contributed by atoms with Gasteiger partial charge in [0.25, 0.3) is 0 Å². The van der Waals surface area contributed by atoms with Crippen LogP contribution in [-0.2, 0) is 4.79 Å². The van der Waals surface area contributed by atoms with Crippen molar-refractivity contribution in [1.29, 1.82) is 0 Å². The molecule has 1 aromatic rings. The second-order valence-electron chi connectivity index (χ2n) is 5.84. The van der Waals surface area contributed by atoms with Gasteiger partial charge in [-0.15, -0.1) is 0 Å². The van der Waals surface area contributed by atoms with Crippen LogP contribution >= 0.6 is 0 Å². The Kier molecular flexibility index (Phi) is 3.92. The topological polar surface area (TPSA) is 52.6 Å². The van der Waals surface area contributed by atoms with Gasteiger partial charge in [-0.2, -0.15) is 0 Å². The van der Waals surface area contributed by atoms with E-state index in [2.05, 4.69) is 5.32 Å². The normalized spacial score (nSPS) is 24.0. The van der Waals surface area contributed by atoms with Crippen LogP contribution < -0.4 is 5.32 Å². The lowest BCUT2D eigenvalue weighted by molar-refractivity contribution is -0.134. The SMILES string of the molecule is O=C(C1CCCN1)N1CCC(c2ccc(O)cc2)CC1. The van der Waals surface area contributed by atoms with Gasteiger partial charge in [0, 0.05) is 13.1 Å². The standard InChI is InChI=1S/C16H22N2O2/c19-14-5-3-12(4-6-14)13-7-10-18(11-8-13)16(20)15-2-1-9-17-15/h3-6,13,15,17,19H,1-2,7-11H2. The zero-order valence-electron chi connectivity index (χ0n) is 11.7. The lowest BCUT2D eigenvalue weighted by Crippen LogP contribution is -2.46. The summed E-state index contributed by atoms with van der Waals surface area (Å²) in [5.74, 6) is 1.11. The molecule has 108 valence electrons. The molecule has 0 saturated carbocycles. The van der Waals surface area contributed by atoms with Crippen molar-refractivity contribution in [2.45, 2.75) is 37.6 Å². The number of benzene rings is 1. The largest absolute Gasteiger partial charge is 0.508 e. The molecular weight excluding hydrogens is 252 g/mol. The van der Waals surface area contributed by atoms with Crippen molar-refractivity contribution in [3.05, 3.63) is 29.8 Å². The smallest absolute Gasteiger partial charge is 0.239 e. The molecular formula is C16H22N2O2. The second kappa shape index (κ2) is 5.83. The van der Waals surface area contributed by atoms with E-state index in [0.717, 1.165) is 45.3 Å². The fourth-order valence-corrected chi connectivity index (χ4v) is 3.30. The van der Waals surface area contributed by atoms with E-state index in [1.54, 1.807) is 12.1 Å². The minimum Gasteiger partial charge on any atom is -0.508 e. The van der Waals surface area contributed by atoms with Crippen molar-refractivity contribution >= 4 is 5.91 Å². The van der Waals surface area contributed by atoms with Gasteiger partial charge in [-0.05, 0) is 55.8 Å². The molecule has 0 radical (unpaired) electrons. The molecule has 2 saturated heterocycles. The minimum atomic E-state index is 0.0558. The van der Waals surface area contributed by atoms with Crippen molar-refractivity contribution in [2.24, 2.45) is 0 Å². The molecule has 2 aliphatic heterocycles. The van der Waals surface area contributed by atoms with E-state index < -0.39 is 0 Å². The van der Waals surface area contributed by atoms with Crippen LogP contribution in [0.5, 0.6) is 5.75 Å². The molecule has 0 aliphatic carbocycles. The molecule has 2 fully saturated rings. The van der Waals surface area contributed by atoms with Crippen LogP contribution in [0.15, 0.2) is 24.3 Å². The van der Waals surface area contributed by atoms with Crippen LogP contribution in [-0.4, -0.2) is 41.6 Å². The predicted molar refractivity (Wildman–Crippen MR) is 77.7 cm³/mol. The fourth-order valence-electron chi connectivity index (χ4n) is 3.30. The maximum Gasteiger partial charge on any atom is 0.239 e. The van der Waals surface area contributed by atoms with Crippen LogP contribution in [0.2, 0.25) is 0 Å². The molecule has 0 spiro atoms. The third-order valence-corrected chi connectivity index (χ3v) is 4.53. The number of carbonyl (C=O) groups excluding carboxylic acids is 1. The highest BCUT2D eigenvalue weighted by atomic mass is 16.3. The first-order valence-electron chi connectivity index (χ1n) is 7.55. The summed E-state index contributed by atoms with van der Waals surface area (Å²) in [6.45, 7) is 2.67. The lowest BCUT2D eigenvalue weighted by Gasteiger charge is -2.33. The number of amides is 1. The Morgan fingerprint density at radius 2 is 1.85 bits per heavy atom. The number of likely N-dealkylation sites (tertiary alicyclic amines) is 1. The van der Waals surface area contributed by atoms with Gasteiger partial charge in [0.15, 0.2) is 0 Å². The van der Waals surface area contributed by atoms with Gasteiger partial charge < -0.3 is 15.3 Å². The fraction of sp³-hybridized carbons (Fsp3) is 0.562. The molecule has 4 heteroatoms. The molecule has 0 bridgehead atoms. The quantitative estimate of drug-likeness (QED) is 0.865. The van der Waals surface area contributed by atoms with E-state index in [4.69, 9.17) is 0 Å². The van der Waals surface area contributed by atoms with Gasteiger partial charge in [-0.1, -0.05) is 12.1 Å². The second-order valence-corrected chi connectivity index (χ2v) is 5.84. The highest BCUT2D eigenvalue weighted by molar-refractivity contribution is 5.82. The van der Waals surface area contributed by atoms with Crippen LogP contribution in [0.1, 0.15) is 37.2 Å². The van der Waals surface area contributed by atoms with Crippen LogP contribution in [0.25, 0.3) is 0 Å². The molecule has 20 heavy (non-hydrogen) atoms.